The highest BCUT2D eigenvalue weighted by molar-refractivity contribution is 5.70. The van der Waals surface area contributed by atoms with Crippen molar-refractivity contribution in [2.45, 2.75) is 309 Å². The Labute approximate surface area is 500 Å². The molecule has 0 fully saturated rings. The number of carbonyl (C=O) groups is 3. The second-order valence-corrected chi connectivity index (χ2v) is 23.7. The molecule has 0 aromatic rings. The fourth-order valence-electron chi connectivity index (χ4n) is 9.48. The van der Waals surface area contributed by atoms with E-state index < -0.39 is 24.3 Å². The molecule has 0 aliphatic carbocycles. The lowest BCUT2D eigenvalue weighted by molar-refractivity contribution is -0.870. The van der Waals surface area contributed by atoms with Crippen LogP contribution in [-0.4, -0.2) is 82.3 Å². The van der Waals surface area contributed by atoms with Gasteiger partial charge in [0.05, 0.1) is 40.3 Å². The lowest BCUT2D eigenvalue weighted by atomic mass is 10.0. The average Bonchev–Trinajstić information content (AvgIpc) is 3.44. The quantitative estimate of drug-likeness (QED) is 0.0195. The van der Waals surface area contributed by atoms with Crippen molar-refractivity contribution in [1.29, 1.82) is 0 Å². The molecule has 2 unspecified atom stereocenters. The van der Waals surface area contributed by atoms with Gasteiger partial charge in [0, 0.05) is 12.8 Å². The van der Waals surface area contributed by atoms with Gasteiger partial charge in [0.2, 0.25) is 0 Å². The molecule has 0 aromatic carbocycles. The molecule has 0 spiro atoms. The van der Waals surface area contributed by atoms with E-state index in [9.17, 15) is 19.5 Å². The van der Waals surface area contributed by atoms with Crippen LogP contribution in [0.4, 0.5) is 0 Å². The van der Waals surface area contributed by atoms with Crippen LogP contribution in [0.5, 0.6) is 0 Å². The Morgan fingerprint density at radius 2 is 0.704 bits per heavy atom. The number of unbranched alkanes of at least 4 members (excludes halogenated alkanes) is 33. The highest BCUT2D eigenvalue weighted by Crippen LogP contribution is 2.17. The van der Waals surface area contributed by atoms with Gasteiger partial charge in [-0.05, 0) is 89.9 Å². The Kier molecular flexibility index (Phi) is 59.8. The fourth-order valence-corrected chi connectivity index (χ4v) is 9.48. The number of carboxylic acids is 1. The first-order valence-electron chi connectivity index (χ1n) is 33.7. The average molecular weight is 1130 g/mol. The van der Waals surface area contributed by atoms with Crippen molar-refractivity contribution in [3.8, 4) is 0 Å². The van der Waals surface area contributed by atoms with E-state index in [4.69, 9.17) is 18.9 Å². The first kappa shape index (κ1) is 77.5. The van der Waals surface area contributed by atoms with Gasteiger partial charge < -0.3 is 33.3 Å². The van der Waals surface area contributed by atoms with Crippen molar-refractivity contribution < 1.29 is 42.9 Å². The van der Waals surface area contributed by atoms with Gasteiger partial charge in [-0.25, -0.2) is 0 Å². The molecule has 0 saturated carbocycles. The molecule has 0 heterocycles. The topological polar surface area (TPSA) is 111 Å². The van der Waals surface area contributed by atoms with Crippen molar-refractivity contribution in [3.63, 3.8) is 0 Å². The number of allylic oxidation sites excluding steroid dienone is 14. The smallest absolute Gasteiger partial charge is 0.306 e. The van der Waals surface area contributed by atoms with Gasteiger partial charge in [-0.1, -0.05) is 279 Å². The molecule has 0 amide bonds. The van der Waals surface area contributed by atoms with Crippen molar-refractivity contribution in [3.05, 3.63) is 85.1 Å². The Morgan fingerprint density at radius 3 is 1.07 bits per heavy atom. The highest BCUT2D eigenvalue weighted by atomic mass is 16.7. The van der Waals surface area contributed by atoms with Crippen LogP contribution in [0.15, 0.2) is 85.1 Å². The van der Waals surface area contributed by atoms with E-state index in [-0.39, 0.29) is 38.6 Å². The van der Waals surface area contributed by atoms with Crippen LogP contribution in [-0.2, 0) is 33.3 Å². The third-order valence-corrected chi connectivity index (χ3v) is 14.6. The molecule has 0 aromatic heterocycles. The summed E-state index contributed by atoms with van der Waals surface area (Å²) in [6.07, 6.45) is 81.3. The molecule has 9 heteroatoms. The van der Waals surface area contributed by atoms with Crippen LogP contribution in [0.25, 0.3) is 0 Å². The summed E-state index contributed by atoms with van der Waals surface area (Å²) in [6.45, 7) is 4.59. The van der Waals surface area contributed by atoms with Crippen LogP contribution < -0.4 is 5.11 Å². The van der Waals surface area contributed by atoms with Gasteiger partial charge in [-0.15, -0.1) is 0 Å². The van der Waals surface area contributed by atoms with E-state index >= 15 is 0 Å². The Morgan fingerprint density at radius 1 is 0.383 bits per heavy atom. The maximum atomic E-state index is 12.8. The molecule has 81 heavy (non-hydrogen) atoms. The van der Waals surface area contributed by atoms with E-state index in [1.165, 1.54) is 193 Å². The summed E-state index contributed by atoms with van der Waals surface area (Å²) in [5, 5.41) is 11.8. The standard InChI is InChI=1S/C72H127NO8/c1-6-8-10-12-14-16-18-20-22-23-24-25-26-27-28-29-30-31-32-33-34-35-36-37-38-39-40-41-42-43-44-45-46-47-49-50-52-54-56-58-60-62-69(74)79-66-68(67-80-72(71(76)77)78-65-64-73(3,4)5)81-70(75)63-61-59-57-55-53-51-48-21-19-17-15-13-11-9-7-2/h9,11,15,17-18,20-21,23-24,26-27,48,53,55,68,72H,6-8,10,12-14,16,19,22,25,28-47,49-52,54,56-67H2,1-5H3/b11-9-,17-15-,20-18-,24-23-,27-26-,48-21-,55-53-. The molecule has 0 aliphatic heterocycles. The normalized spacial score (nSPS) is 13.2. The molecular weight excluding hydrogens is 1010 g/mol. The van der Waals surface area contributed by atoms with E-state index in [0.717, 1.165) is 70.6 Å². The minimum atomic E-state index is -1.63. The number of hydrogen-bond acceptors (Lipinski definition) is 8. The summed E-state index contributed by atoms with van der Waals surface area (Å²) in [5.74, 6) is -2.33. The summed E-state index contributed by atoms with van der Waals surface area (Å²) in [7, 11) is 5.91. The number of carbonyl (C=O) groups excluding carboxylic acids is 3. The Bertz CT molecular complexity index is 1600. The SMILES string of the molecule is CC/C=C\C/C=C\C/C=C\C/C=C\CCCCC(=O)OC(COC(=O)CCCCCCCCCCCCCCCCCCCCCCCCCCCC/C=C\C/C=C\C/C=C\CCCCCCC)COC(OCC[N+](C)(C)C)C(=O)[O-]. The lowest BCUT2D eigenvalue weighted by Crippen LogP contribution is -2.44. The monoisotopic (exact) mass is 1130 g/mol. The van der Waals surface area contributed by atoms with Gasteiger partial charge >= 0.3 is 11.9 Å². The van der Waals surface area contributed by atoms with E-state index in [1.54, 1.807) is 0 Å². The van der Waals surface area contributed by atoms with Crippen molar-refractivity contribution in [1.82, 2.24) is 0 Å². The number of aliphatic carboxylic acids is 1. The second-order valence-electron chi connectivity index (χ2n) is 23.7. The van der Waals surface area contributed by atoms with Crippen LogP contribution in [0.3, 0.4) is 0 Å². The van der Waals surface area contributed by atoms with E-state index in [2.05, 4.69) is 98.9 Å². The Balaban J connectivity index is 3.93. The molecule has 0 rings (SSSR count). The van der Waals surface area contributed by atoms with Crippen molar-refractivity contribution in [2.75, 3.05) is 47.5 Å². The van der Waals surface area contributed by atoms with Gasteiger partial charge in [-0.3, -0.25) is 9.59 Å². The molecule has 0 aliphatic rings. The summed E-state index contributed by atoms with van der Waals surface area (Å²) >= 11 is 0. The number of carboxylic acid groups (broad SMARTS) is 1. The predicted octanol–water partition coefficient (Wildman–Crippen LogP) is 19.4. The molecule has 0 bridgehead atoms. The number of quaternary nitrogens is 1. The zero-order valence-electron chi connectivity index (χ0n) is 53.4. The largest absolute Gasteiger partial charge is 0.545 e. The number of rotatable bonds is 62. The number of likely N-dealkylation sites (N-methyl/N-ethyl adjacent to an activating group) is 1. The maximum Gasteiger partial charge on any atom is 0.306 e. The molecule has 468 valence electrons. The van der Waals surface area contributed by atoms with E-state index in [1.807, 2.05) is 21.1 Å². The minimum Gasteiger partial charge on any atom is -0.545 e. The maximum absolute atomic E-state index is 12.8. The van der Waals surface area contributed by atoms with Gasteiger partial charge in [0.1, 0.15) is 13.2 Å². The molecule has 9 nitrogen and oxygen atoms in total. The summed E-state index contributed by atoms with van der Waals surface area (Å²) in [6, 6.07) is 0. The second kappa shape index (κ2) is 62.5. The number of ether oxygens (including phenoxy) is 4. The molecule has 2 atom stereocenters. The first-order valence-corrected chi connectivity index (χ1v) is 33.7. The lowest BCUT2D eigenvalue weighted by Gasteiger charge is -2.26. The van der Waals surface area contributed by atoms with Gasteiger partial charge in [0.25, 0.3) is 0 Å². The van der Waals surface area contributed by atoms with Crippen molar-refractivity contribution >= 4 is 17.9 Å². The summed E-state index contributed by atoms with van der Waals surface area (Å²) in [4.78, 5) is 37.3. The van der Waals surface area contributed by atoms with Gasteiger partial charge in [0.15, 0.2) is 12.4 Å². The third-order valence-electron chi connectivity index (χ3n) is 14.6. The fraction of sp³-hybridized carbons (Fsp3) is 0.764. The first-order chi connectivity index (χ1) is 39.6. The van der Waals surface area contributed by atoms with Crippen LogP contribution in [0, 0.1) is 0 Å². The molecule has 0 saturated heterocycles. The van der Waals surface area contributed by atoms with Crippen molar-refractivity contribution in [2.24, 2.45) is 0 Å². The Hall–Kier alpha value is -3.53. The molecular formula is C72H127NO8. The number of esters is 2. The summed E-state index contributed by atoms with van der Waals surface area (Å²) < 4.78 is 22.7. The van der Waals surface area contributed by atoms with E-state index in [0.29, 0.717) is 17.4 Å². The van der Waals surface area contributed by atoms with Crippen LogP contribution in [0.1, 0.15) is 296 Å². The number of hydrogen-bond donors (Lipinski definition) is 0. The zero-order valence-corrected chi connectivity index (χ0v) is 53.4. The molecule has 0 N–H and O–H groups in total. The highest BCUT2D eigenvalue weighted by Gasteiger charge is 2.22. The third kappa shape index (κ3) is 63.9. The van der Waals surface area contributed by atoms with Crippen LogP contribution >= 0.6 is 0 Å². The predicted molar refractivity (Wildman–Crippen MR) is 343 cm³/mol. The minimum absolute atomic E-state index is 0.138. The molecule has 0 radical (unpaired) electrons. The van der Waals surface area contributed by atoms with Gasteiger partial charge in [-0.2, -0.15) is 0 Å². The summed E-state index contributed by atoms with van der Waals surface area (Å²) in [5.41, 5.74) is 0. The number of nitrogens with zero attached hydrogens (tertiary/aromatic N) is 1. The zero-order chi connectivity index (χ0) is 59.1. The van der Waals surface area contributed by atoms with Crippen LogP contribution in [0.2, 0.25) is 0 Å².